The first-order valence-corrected chi connectivity index (χ1v) is 6.94. The van der Waals surface area contributed by atoms with Gasteiger partial charge in [-0.2, -0.15) is 0 Å². The zero-order chi connectivity index (χ0) is 13.2. The lowest BCUT2D eigenvalue weighted by molar-refractivity contribution is 0.413. The number of rotatable bonds is 4. The average Bonchev–Trinajstić information content (AvgIpc) is 2.13. The molecule has 0 unspecified atom stereocenters. The average molecular weight is 257 g/mol. The molecule has 17 heavy (non-hydrogen) atoms. The van der Waals surface area contributed by atoms with E-state index in [1.54, 1.807) is 46.9 Å². The number of ether oxygens (including phenoxy) is 1. The van der Waals surface area contributed by atoms with Gasteiger partial charge in [-0.1, -0.05) is 0 Å². The van der Waals surface area contributed by atoms with Gasteiger partial charge in [-0.05, 0) is 51.0 Å². The maximum Gasteiger partial charge on any atom is 0.241 e. The second-order valence-corrected chi connectivity index (χ2v) is 6.02. The number of nitrogens with one attached hydrogen (secondary N) is 1. The molecular weight excluding hydrogens is 238 g/mol. The minimum atomic E-state index is -3.45. The van der Waals surface area contributed by atoms with Crippen molar-refractivity contribution in [1.82, 2.24) is 4.72 Å². The highest BCUT2D eigenvalue weighted by Gasteiger charge is 2.21. The molecule has 0 aromatic heterocycles. The summed E-state index contributed by atoms with van der Waals surface area (Å²) in [4.78, 5) is 0.340. The normalized spacial score (nSPS) is 11.9. The van der Waals surface area contributed by atoms with Crippen LogP contribution in [0.15, 0.2) is 17.0 Å². The van der Waals surface area contributed by atoms with E-state index in [4.69, 9.17) is 4.74 Å². The van der Waals surface area contributed by atoms with E-state index in [9.17, 15) is 8.42 Å². The maximum atomic E-state index is 12.1. The zero-order valence-corrected chi connectivity index (χ0v) is 11.7. The lowest BCUT2D eigenvalue weighted by atomic mass is 10.1. The molecule has 1 N–H and O–H groups in total. The molecule has 5 heteroatoms. The highest BCUT2D eigenvalue weighted by Crippen LogP contribution is 2.25. The number of benzene rings is 1. The fourth-order valence-electron chi connectivity index (χ4n) is 1.82. The predicted molar refractivity (Wildman–Crippen MR) is 67.9 cm³/mol. The van der Waals surface area contributed by atoms with Crippen LogP contribution in [0.5, 0.6) is 5.75 Å². The Morgan fingerprint density at radius 2 is 1.65 bits per heavy atom. The van der Waals surface area contributed by atoms with E-state index in [0.717, 1.165) is 0 Å². The van der Waals surface area contributed by atoms with Crippen LogP contribution in [0.1, 0.15) is 25.0 Å². The maximum absolute atomic E-state index is 12.1. The van der Waals surface area contributed by atoms with E-state index < -0.39 is 10.0 Å². The molecule has 4 nitrogen and oxygen atoms in total. The van der Waals surface area contributed by atoms with Gasteiger partial charge in [0.05, 0.1) is 12.0 Å². The first-order valence-electron chi connectivity index (χ1n) is 5.45. The van der Waals surface area contributed by atoms with Gasteiger partial charge in [0, 0.05) is 6.04 Å². The number of aryl methyl sites for hydroxylation is 2. The highest BCUT2D eigenvalue weighted by atomic mass is 32.2. The van der Waals surface area contributed by atoms with Crippen LogP contribution in [-0.4, -0.2) is 21.6 Å². The third kappa shape index (κ3) is 3.20. The summed E-state index contributed by atoms with van der Waals surface area (Å²) in [5.74, 6) is 0.670. The fourth-order valence-corrected chi connectivity index (χ4v) is 3.53. The second kappa shape index (κ2) is 5.06. The predicted octanol–water partition coefficient (Wildman–Crippen LogP) is 2.00. The van der Waals surface area contributed by atoms with E-state index in [1.165, 1.54) is 0 Å². The van der Waals surface area contributed by atoms with E-state index in [0.29, 0.717) is 21.8 Å². The van der Waals surface area contributed by atoms with Crippen molar-refractivity contribution < 1.29 is 13.2 Å². The van der Waals surface area contributed by atoms with Gasteiger partial charge in [-0.15, -0.1) is 0 Å². The SMILES string of the molecule is COc1cc(C)c(S(=O)(=O)NC(C)C)c(C)c1. The molecule has 0 aliphatic heterocycles. The molecular formula is C12H19NO3S. The molecule has 1 rings (SSSR count). The van der Waals surface area contributed by atoms with Crippen molar-refractivity contribution in [2.24, 2.45) is 0 Å². The minimum Gasteiger partial charge on any atom is -0.497 e. The van der Waals surface area contributed by atoms with Crippen molar-refractivity contribution in [1.29, 1.82) is 0 Å². The van der Waals surface area contributed by atoms with Gasteiger partial charge in [-0.25, -0.2) is 13.1 Å². The van der Waals surface area contributed by atoms with E-state index in [-0.39, 0.29) is 6.04 Å². The largest absolute Gasteiger partial charge is 0.497 e. The van der Waals surface area contributed by atoms with Gasteiger partial charge >= 0.3 is 0 Å². The Morgan fingerprint density at radius 3 is 2.00 bits per heavy atom. The van der Waals surface area contributed by atoms with Gasteiger partial charge in [-0.3, -0.25) is 0 Å². The molecule has 0 amide bonds. The Kier molecular flexibility index (Phi) is 4.16. The van der Waals surface area contributed by atoms with Crippen molar-refractivity contribution in [2.45, 2.75) is 38.6 Å². The van der Waals surface area contributed by atoms with Crippen LogP contribution >= 0.6 is 0 Å². The molecule has 0 fully saturated rings. The summed E-state index contributed by atoms with van der Waals surface area (Å²) in [6, 6.07) is 3.32. The Balaban J connectivity index is 3.32. The van der Waals surface area contributed by atoms with Crippen molar-refractivity contribution >= 4 is 10.0 Å². The van der Waals surface area contributed by atoms with Crippen LogP contribution in [0, 0.1) is 13.8 Å². The molecule has 0 spiro atoms. The fraction of sp³-hybridized carbons (Fsp3) is 0.500. The first kappa shape index (κ1) is 14.0. The summed E-state index contributed by atoms with van der Waals surface area (Å²) >= 11 is 0. The third-order valence-electron chi connectivity index (χ3n) is 2.33. The van der Waals surface area contributed by atoms with Crippen molar-refractivity contribution in [2.75, 3.05) is 7.11 Å². The third-order valence-corrected chi connectivity index (χ3v) is 4.29. The van der Waals surface area contributed by atoms with E-state index in [1.807, 2.05) is 0 Å². The van der Waals surface area contributed by atoms with Gasteiger partial charge < -0.3 is 4.74 Å². The number of hydrogen-bond acceptors (Lipinski definition) is 3. The molecule has 0 radical (unpaired) electrons. The lowest BCUT2D eigenvalue weighted by Crippen LogP contribution is -2.31. The molecule has 1 aromatic rings. The van der Waals surface area contributed by atoms with Crippen molar-refractivity contribution in [3.05, 3.63) is 23.3 Å². The van der Waals surface area contributed by atoms with Crippen LogP contribution in [-0.2, 0) is 10.0 Å². The molecule has 0 saturated heterocycles. The molecule has 0 bridgehead atoms. The Bertz CT molecular complexity index is 483. The van der Waals surface area contributed by atoms with Crippen LogP contribution in [0.25, 0.3) is 0 Å². The van der Waals surface area contributed by atoms with Crippen LogP contribution in [0.2, 0.25) is 0 Å². The van der Waals surface area contributed by atoms with Crippen molar-refractivity contribution in [3.8, 4) is 5.75 Å². The molecule has 0 aliphatic carbocycles. The Morgan fingerprint density at radius 1 is 1.18 bits per heavy atom. The summed E-state index contributed by atoms with van der Waals surface area (Å²) in [6.07, 6.45) is 0. The van der Waals surface area contributed by atoms with Gasteiger partial charge in [0.2, 0.25) is 10.0 Å². The molecule has 0 heterocycles. The quantitative estimate of drug-likeness (QED) is 0.897. The standard InChI is InChI=1S/C12H19NO3S/c1-8(2)13-17(14,15)12-9(3)6-11(16-5)7-10(12)4/h6-8,13H,1-5H3. The highest BCUT2D eigenvalue weighted by molar-refractivity contribution is 7.89. The number of methoxy groups -OCH3 is 1. The molecule has 0 saturated carbocycles. The summed E-state index contributed by atoms with van der Waals surface area (Å²) in [5.41, 5.74) is 1.38. The first-order chi connectivity index (χ1) is 7.77. The smallest absolute Gasteiger partial charge is 0.241 e. The van der Waals surface area contributed by atoms with E-state index in [2.05, 4.69) is 4.72 Å². The van der Waals surface area contributed by atoms with Gasteiger partial charge in [0.25, 0.3) is 0 Å². The molecule has 96 valence electrons. The minimum absolute atomic E-state index is 0.124. The summed E-state index contributed by atoms with van der Waals surface area (Å²) in [6.45, 7) is 7.13. The summed E-state index contributed by atoms with van der Waals surface area (Å²) < 4.78 is 32.0. The second-order valence-electron chi connectivity index (χ2n) is 4.37. The van der Waals surface area contributed by atoms with Gasteiger partial charge in [0.15, 0.2) is 0 Å². The lowest BCUT2D eigenvalue weighted by Gasteiger charge is -2.15. The van der Waals surface area contributed by atoms with Gasteiger partial charge in [0.1, 0.15) is 5.75 Å². The van der Waals surface area contributed by atoms with Crippen LogP contribution in [0.3, 0.4) is 0 Å². The van der Waals surface area contributed by atoms with Crippen LogP contribution < -0.4 is 9.46 Å². The summed E-state index contributed by atoms with van der Waals surface area (Å²) in [7, 11) is -1.89. The molecule has 1 aromatic carbocycles. The van der Waals surface area contributed by atoms with E-state index >= 15 is 0 Å². The zero-order valence-electron chi connectivity index (χ0n) is 10.9. The summed E-state index contributed by atoms with van der Waals surface area (Å²) in [5, 5.41) is 0. The van der Waals surface area contributed by atoms with Crippen molar-refractivity contribution in [3.63, 3.8) is 0 Å². The number of sulfonamides is 1. The Labute approximate surface area is 103 Å². The van der Waals surface area contributed by atoms with Crippen LogP contribution in [0.4, 0.5) is 0 Å². The topological polar surface area (TPSA) is 55.4 Å². The molecule has 0 aliphatic rings. The molecule has 0 atom stereocenters. The Hall–Kier alpha value is -1.07. The number of hydrogen-bond donors (Lipinski definition) is 1. The monoisotopic (exact) mass is 257 g/mol.